The zero-order chi connectivity index (χ0) is 16.2. The largest absolute Gasteiger partial charge is 0.357 e. The molecule has 0 amide bonds. The van der Waals surface area contributed by atoms with Crippen molar-refractivity contribution in [1.82, 2.24) is 15.2 Å². The molecule has 2 fully saturated rings. The fourth-order valence-electron chi connectivity index (χ4n) is 3.82. The van der Waals surface area contributed by atoms with E-state index in [9.17, 15) is 0 Å². The van der Waals surface area contributed by atoms with Crippen molar-refractivity contribution in [2.75, 3.05) is 19.6 Å². The summed E-state index contributed by atoms with van der Waals surface area (Å²) in [6.45, 7) is 10.5. The van der Waals surface area contributed by atoms with Gasteiger partial charge in [-0.3, -0.25) is 0 Å². The Morgan fingerprint density at radius 2 is 2.04 bits per heavy atom. The first kappa shape index (κ1) is 16.7. The Morgan fingerprint density at radius 3 is 2.61 bits per heavy atom. The first-order chi connectivity index (χ1) is 11.2. The van der Waals surface area contributed by atoms with Gasteiger partial charge in [-0.05, 0) is 31.6 Å². The van der Waals surface area contributed by atoms with Gasteiger partial charge in [0.1, 0.15) is 0 Å². The van der Waals surface area contributed by atoms with Gasteiger partial charge in [-0.25, -0.2) is 9.98 Å². The van der Waals surface area contributed by atoms with Gasteiger partial charge in [-0.2, -0.15) is 0 Å². The molecule has 2 heterocycles. The van der Waals surface area contributed by atoms with E-state index in [4.69, 9.17) is 9.98 Å². The Balaban J connectivity index is 1.65. The van der Waals surface area contributed by atoms with Crippen LogP contribution in [0.1, 0.15) is 63.1 Å². The van der Waals surface area contributed by atoms with Crippen molar-refractivity contribution in [2.24, 2.45) is 16.8 Å². The van der Waals surface area contributed by atoms with E-state index in [1.54, 1.807) is 11.3 Å². The minimum atomic E-state index is 0.507. The summed E-state index contributed by atoms with van der Waals surface area (Å²) in [6, 6.07) is 0. The second-order valence-corrected chi connectivity index (χ2v) is 8.10. The summed E-state index contributed by atoms with van der Waals surface area (Å²) in [6.07, 6.45) is 5.65. The third-order valence-electron chi connectivity index (χ3n) is 5.06. The third-order valence-corrected chi connectivity index (χ3v) is 6.26. The molecule has 2 unspecified atom stereocenters. The number of hydrogen-bond donors (Lipinski definition) is 1. The van der Waals surface area contributed by atoms with Crippen LogP contribution in [0.5, 0.6) is 0 Å². The van der Waals surface area contributed by atoms with Crippen molar-refractivity contribution in [2.45, 2.75) is 58.9 Å². The normalized spacial score (nSPS) is 25.0. The molecular weight excluding hydrogens is 304 g/mol. The van der Waals surface area contributed by atoms with Gasteiger partial charge < -0.3 is 10.2 Å². The molecule has 1 aliphatic heterocycles. The summed E-state index contributed by atoms with van der Waals surface area (Å²) in [5.74, 6) is 3.37. The van der Waals surface area contributed by atoms with Crippen LogP contribution in [0.2, 0.25) is 0 Å². The lowest BCUT2D eigenvalue weighted by molar-refractivity contribution is 0.299. The second kappa shape index (κ2) is 7.65. The highest BCUT2D eigenvalue weighted by Gasteiger charge is 2.35. The topological polar surface area (TPSA) is 40.5 Å². The van der Waals surface area contributed by atoms with Gasteiger partial charge in [0, 0.05) is 30.9 Å². The molecule has 1 aromatic rings. The molecule has 0 spiro atoms. The maximum atomic E-state index is 4.87. The molecule has 3 rings (SSSR count). The lowest BCUT2D eigenvalue weighted by Crippen LogP contribution is -2.40. The van der Waals surface area contributed by atoms with Gasteiger partial charge in [0.05, 0.1) is 17.2 Å². The van der Waals surface area contributed by atoms with Gasteiger partial charge in [0.15, 0.2) is 5.96 Å². The quantitative estimate of drug-likeness (QED) is 0.671. The molecule has 0 bridgehead atoms. The summed E-state index contributed by atoms with van der Waals surface area (Å²) in [5, 5.41) is 6.86. The van der Waals surface area contributed by atoms with E-state index in [1.165, 1.54) is 43.8 Å². The number of likely N-dealkylation sites (tertiary alicyclic amines) is 1. The van der Waals surface area contributed by atoms with E-state index in [0.717, 1.165) is 30.0 Å². The Kier molecular flexibility index (Phi) is 5.57. The zero-order valence-corrected chi connectivity index (χ0v) is 15.5. The molecule has 23 heavy (non-hydrogen) atoms. The Bertz CT molecular complexity index is 523. The van der Waals surface area contributed by atoms with E-state index in [-0.39, 0.29) is 0 Å². The Labute approximate surface area is 144 Å². The molecule has 5 heteroatoms. The zero-order valence-electron chi connectivity index (χ0n) is 14.7. The van der Waals surface area contributed by atoms with Crippen LogP contribution in [0, 0.1) is 11.8 Å². The van der Waals surface area contributed by atoms with E-state index < -0.39 is 0 Å². The van der Waals surface area contributed by atoms with Crippen LogP contribution in [-0.2, 0) is 6.54 Å². The number of rotatable bonds is 4. The number of aromatic nitrogens is 1. The van der Waals surface area contributed by atoms with Crippen LogP contribution in [0.25, 0.3) is 0 Å². The number of nitrogens with zero attached hydrogens (tertiary/aromatic N) is 3. The molecule has 1 aliphatic carbocycles. The average molecular weight is 335 g/mol. The van der Waals surface area contributed by atoms with E-state index in [1.807, 2.05) is 0 Å². The predicted octanol–water partition coefficient (Wildman–Crippen LogP) is 3.85. The van der Waals surface area contributed by atoms with Gasteiger partial charge in [-0.1, -0.05) is 26.7 Å². The van der Waals surface area contributed by atoms with Crippen LogP contribution in [0.3, 0.4) is 0 Å². The average Bonchev–Trinajstić information content (AvgIpc) is 3.17. The van der Waals surface area contributed by atoms with Crippen molar-refractivity contribution in [3.63, 3.8) is 0 Å². The number of fused-ring (bicyclic) bond motifs is 1. The standard InChI is InChI=1S/C18H30N4S/c1-4-19-18(20-9-16-12-23-17(21-16)13(2)3)22-10-14-7-5-6-8-15(14)11-22/h12-15H,4-11H2,1-3H3,(H,19,20). The van der Waals surface area contributed by atoms with E-state index in [0.29, 0.717) is 12.5 Å². The Morgan fingerprint density at radius 1 is 1.35 bits per heavy atom. The lowest BCUT2D eigenvalue weighted by atomic mass is 9.82. The highest BCUT2D eigenvalue weighted by molar-refractivity contribution is 7.09. The van der Waals surface area contributed by atoms with Crippen molar-refractivity contribution < 1.29 is 0 Å². The minimum Gasteiger partial charge on any atom is -0.357 e. The van der Waals surface area contributed by atoms with Gasteiger partial charge >= 0.3 is 0 Å². The maximum Gasteiger partial charge on any atom is 0.194 e. The molecule has 1 aromatic heterocycles. The highest BCUT2D eigenvalue weighted by atomic mass is 32.1. The van der Waals surface area contributed by atoms with Crippen LogP contribution >= 0.6 is 11.3 Å². The van der Waals surface area contributed by atoms with Crippen LogP contribution in [-0.4, -0.2) is 35.5 Å². The SMILES string of the molecule is CCNC(=NCc1csc(C(C)C)n1)N1CC2CCCCC2C1. The molecule has 2 aliphatic rings. The molecule has 1 N–H and O–H groups in total. The third kappa shape index (κ3) is 4.06. The fourth-order valence-corrected chi connectivity index (χ4v) is 4.65. The maximum absolute atomic E-state index is 4.87. The van der Waals surface area contributed by atoms with Crippen LogP contribution in [0.4, 0.5) is 0 Å². The predicted molar refractivity (Wildman–Crippen MR) is 98.0 cm³/mol. The van der Waals surface area contributed by atoms with E-state index in [2.05, 4.69) is 36.4 Å². The summed E-state index contributed by atoms with van der Waals surface area (Å²) in [4.78, 5) is 12.1. The molecule has 4 nitrogen and oxygen atoms in total. The number of nitrogens with one attached hydrogen (secondary N) is 1. The smallest absolute Gasteiger partial charge is 0.194 e. The summed E-state index contributed by atoms with van der Waals surface area (Å²) in [7, 11) is 0. The van der Waals surface area contributed by atoms with Crippen LogP contribution < -0.4 is 5.32 Å². The van der Waals surface area contributed by atoms with Gasteiger partial charge in [0.25, 0.3) is 0 Å². The van der Waals surface area contributed by atoms with Crippen molar-refractivity contribution in [3.05, 3.63) is 16.1 Å². The highest BCUT2D eigenvalue weighted by Crippen LogP contribution is 2.36. The molecule has 0 aromatic carbocycles. The number of aliphatic imine (C=N–C) groups is 1. The molecular formula is C18H30N4S. The van der Waals surface area contributed by atoms with Crippen molar-refractivity contribution in [3.8, 4) is 0 Å². The monoisotopic (exact) mass is 334 g/mol. The Hall–Kier alpha value is -1.10. The van der Waals surface area contributed by atoms with Crippen molar-refractivity contribution in [1.29, 1.82) is 0 Å². The summed E-state index contributed by atoms with van der Waals surface area (Å²) >= 11 is 1.76. The lowest BCUT2D eigenvalue weighted by Gasteiger charge is -2.22. The number of thiazole rings is 1. The van der Waals surface area contributed by atoms with Crippen LogP contribution in [0.15, 0.2) is 10.4 Å². The van der Waals surface area contributed by atoms with Crippen molar-refractivity contribution >= 4 is 17.3 Å². The summed E-state index contributed by atoms with van der Waals surface area (Å²) < 4.78 is 0. The fraction of sp³-hybridized carbons (Fsp3) is 0.778. The molecule has 1 saturated carbocycles. The first-order valence-corrected chi connectivity index (χ1v) is 10.0. The van der Waals surface area contributed by atoms with Gasteiger partial charge in [-0.15, -0.1) is 11.3 Å². The molecule has 128 valence electrons. The molecule has 2 atom stereocenters. The number of guanidine groups is 1. The van der Waals surface area contributed by atoms with Gasteiger partial charge in [0.2, 0.25) is 0 Å². The number of hydrogen-bond acceptors (Lipinski definition) is 3. The first-order valence-electron chi connectivity index (χ1n) is 9.15. The van der Waals surface area contributed by atoms with E-state index >= 15 is 0 Å². The molecule has 0 radical (unpaired) electrons. The summed E-state index contributed by atoms with van der Waals surface area (Å²) in [5.41, 5.74) is 1.10. The minimum absolute atomic E-state index is 0.507. The second-order valence-electron chi connectivity index (χ2n) is 7.21. The molecule has 1 saturated heterocycles.